The smallest absolute Gasteiger partial charge is 0.229 e. The van der Waals surface area contributed by atoms with Gasteiger partial charge in [-0.2, -0.15) is 0 Å². The molecule has 3 aliphatic heterocycles. The van der Waals surface area contributed by atoms with Crippen molar-refractivity contribution < 1.29 is 14.6 Å². The molecule has 2 bridgehead atoms. The molecule has 4 heteroatoms. The van der Waals surface area contributed by atoms with Crippen LogP contribution in [-0.2, 0) is 9.53 Å². The summed E-state index contributed by atoms with van der Waals surface area (Å²) in [4.78, 5) is 15.0. The molecule has 3 saturated heterocycles. The van der Waals surface area contributed by atoms with Crippen LogP contribution >= 0.6 is 0 Å². The van der Waals surface area contributed by atoms with Gasteiger partial charge in [-0.15, -0.1) is 0 Å². The first-order chi connectivity index (χ1) is 8.99. The van der Waals surface area contributed by atoms with Gasteiger partial charge in [-0.05, 0) is 45.4 Å². The SMILES string of the molecule is CC1OC(C)C(C(=O)N2C3CCC2CC(O)C3)C1C. The van der Waals surface area contributed by atoms with Gasteiger partial charge in [0.2, 0.25) is 5.91 Å². The molecule has 4 nitrogen and oxygen atoms in total. The maximum Gasteiger partial charge on any atom is 0.229 e. The number of rotatable bonds is 1. The highest BCUT2D eigenvalue weighted by Gasteiger charge is 2.49. The maximum absolute atomic E-state index is 12.9. The molecule has 1 N–H and O–H groups in total. The highest BCUT2D eigenvalue weighted by Crippen LogP contribution is 2.40. The molecular weight excluding hydrogens is 242 g/mol. The number of amides is 1. The Morgan fingerprint density at radius 2 is 1.68 bits per heavy atom. The minimum absolute atomic E-state index is 0.00616. The molecule has 3 fully saturated rings. The molecule has 3 aliphatic rings. The monoisotopic (exact) mass is 267 g/mol. The predicted octanol–water partition coefficient (Wildman–Crippen LogP) is 1.56. The Bertz CT molecular complexity index is 358. The van der Waals surface area contributed by atoms with E-state index in [9.17, 15) is 9.90 Å². The third kappa shape index (κ3) is 2.09. The van der Waals surface area contributed by atoms with E-state index in [-0.39, 0.29) is 48.1 Å². The summed E-state index contributed by atoms with van der Waals surface area (Å²) in [5.41, 5.74) is 0. The van der Waals surface area contributed by atoms with E-state index in [4.69, 9.17) is 4.74 Å². The van der Waals surface area contributed by atoms with Gasteiger partial charge in [0.1, 0.15) is 0 Å². The van der Waals surface area contributed by atoms with Crippen LogP contribution in [0.4, 0.5) is 0 Å². The van der Waals surface area contributed by atoms with Gasteiger partial charge in [0.25, 0.3) is 0 Å². The van der Waals surface area contributed by atoms with Gasteiger partial charge in [0.05, 0.1) is 24.2 Å². The van der Waals surface area contributed by atoms with E-state index in [1.165, 1.54) is 0 Å². The second-order valence-electron chi connectivity index (χ2n) is 6.69. The first-order valence-electron chi connectivity index (χ1n) is 7.64. The normalized spacial score (nSPS) is 49.7. The minimum atomic E-state index is -0.213. The van der Waals surface area contributed by atoms with Crippen LogP contribution in [0.25, 0.3) is 0 Å². The van der Waals surface area contributed by atoms with Crippen molar-refractivity contribution in [2.45, 2.75) is 76.9 Å². The van der Waals surface area contributed by atoms with E-state index in [0.29, 0.717) is 0 Å². The maximum atomic E-state index is 12.9. The van der Waals surface area contributed by atoms with E-state index in [2.05, 4.69) is 18.7 Å². The lowest BCUT2D eigenvalue weighted by Gasteiger charge is -2.39. The standard InChI is InChI=1S/C15H25NO3/c1-8-9(2)19-10(3)14(8)15(18)16-11-4-5-12(16)7-13(17)6-11/h8-14,17H,4-7H2,1-3H3. The molecule has 0 aromatic rings. The molecule has 108 valence electrons. The summed E-state index contributed by atoms with van der Waals surface area (Å²) in [6, 6.07) is 0.521. The number of aliphatic hydroxyl groups excluding tert-OH is 1. The largest absolute Gasteiger partial charge is 0.393 e. The van der Waals surface area contributed by atoms with Crippen molar-refractivity contribution >= 4 is 5.91 Å². The van der Waals surface area contributed by atoms with Gasteiger partial charge >= 0.3 is 0 Å². The van der Waals surface area contributed by atoms with E-state index in [1.807, 2.05) is 6.92 Å². The molecule has 0 spiro atoms. The molecule has 0 saturated carbocycles. The molecule has 19 heavy (non-hydrogen) atoms. The van der Waals surface area contributed by atoms with Crippen LogP contribution in [0.1, 0.15) is 46.5 Å². The van der Waals surface area contributed by atoms with Crippen LogP contribution in [0.2, 0.25) is 0 Å². The molecule has 0 aromatic heterocycles. The summed E-state index contributed by atoms with van der Waals surface area (Å²) in [5, 5.41) is 9.84. The van der Waals surface area contributed by atoms with Gasteiger partial charge in [-0.25, -0.2) is 0 Å². The van der Waals surface area contributed by atoms with Crippen LogP contribution in [0.3, 0.4) is 0 Å². The quantitative estimate of drug-likeness (QED) is 0.784. The highest BCUT2D eigenvalue weighted by atomic mass is 16.5. The summed E-state index contributed by atoms with van der Waals surface area (Å²) in [6.45, 7) is 6.20. The van der Waals surface area contributed by atoms with Crippen molar-refractivity contribution in [1.82, 2.24) is 4.90 Å². The molecule has 0 aromatic carbocycles. The van der Waals surface area contributed by atoms with E-state index < -0.39 is 0 Å². The first kappa shape index (κ1) is 13.4. The number of fused-ring (bicyclic) bond motifs is 2. The third-order valence-corrected chi connectivity index (χ3v) is 5.49. The molecule has 3 rings (SSSR count). The highest BCUT2D eigenvalue weighted by molar-refractivity contribution is 5.81. The zero-order valence-corrected chi connectivity index (χ0v) is 12.1. The molecule has 3 heterocycles. The Balaban J connectivity index is 1.78. The molecular formula is C15H25NO3. The lowest BCUT2D eigenvalue weighted by atomic mass is 9.86. The van der Waals surface area contributed by atoms with Crippen LogP contribution in [0, 0.1) is 11.8 Å². The van der Waals surface area contributed by atoms with Crippen molar-refractivity contribution in [3.63, 3.8) is 0 Å². The first-order valence-corrected chi connectivity index (χ1v) is 7.64. The summed E-state index contributed by atoms with van der Waals surface area (Å²) >= 11 is 0. The average molecular weight is 267 g/mol. The van der Waals surface area contributed by atoms with Crippen molar-refractivity contribution in [1.29, 1.82) is 0 Å². The van der Waals surface area contributed by atoms with Crippen LogP contribution in [0.15, 0.2) is 0 Å². The average Bonchev–Trinajstić information content (AvgIpc) is 2.74. The summed E-state index contributed by atoms with van der Waals surface area (Å²) in [6.07, 6.45) is 3.59. The number of hydrogen-bond donors (Lipinski definition) is 1. The van der Waals surface area contributed by atoms with Crippen molar-refractivity contribution in [3.05, 3.63) is 0 Å². The number of aliphatic hydroxyl groups is 1. The number of nitrogens with zero attached hydrogens (tertiary/aromatic N) is 1. The van der Waals surface area contributed by atoms with Crippen LogP contribution < -0.4 is 0 Å². The molecule has 6 unspecified atom stereocenters. The van der Waals surface area contributed by atoms with Crippen LogP contribution in [0.5, 0.6) is 0 Å². The molecule has 6 atom stereocenters. The summed E-state index contributed by atoms with van der Waals surface area (Å²) in [5.74, 6) is 0.547. The second kappa shape index (κ2) is 4.74. The number of ether oxygens (including phenoxy) is 1. The van der Waals surface area contributed by atoms with Gasteiger partial charge in [-0.3, -0.25) is 4.79 Å². The fraction of sp³-hybridized carbons (Fsp3) is 0.933. The molecule has 0 radical (unpaired) electrons. The number of carbonyl (C=O) groups excluding carboxylic acids is 1. The Labute approximate surface area is 115 Å². The lowest BCUT2D eigenvalue weighted by molar-refractivity contribution is -0.144. The third-order valence-electron chi connectivity index (χ3n) is 5.49. The zero-order chi connectivity index (χ0) is 13.7. The van der Waals surface area contributed by atoms with Gasteiger partial charge < -0.3 is 14.7 Å². The fourth-order valence-corrected chi connectivity index (χ4v) is 4.37. The van der Waals surface area contributed by atoms with Gasteiger partial charge in [0.15, 0.2) is 0 Å². The van der Waals surface area contributed by atoms with E-state index in [1.54, 1.807) is 0 Å². The molecule has 0 aliphatic carbocycles. The van der Waals surface area contributed by atoms with Crippen molar-refractivity contribution in [3.8, 4) is 0 Å². The molecule has 1 amide bonds. The summed E-state index contributed by atoms with van der Waals surface area (Å²) in [7, 11) is 0. The van der Waals surface area contributed by atoms with E-state index in [0.717, 1.165) is 25.7 Å². The predicted molar refractivity (Wildman–Crippen MR) is 71.6 cm³/mol. The Morgan fingerprint density at radius 1 is 1.11 bits per heavy atom. The lowest BCUT2D eigenvalue weighted by Crippen LogP contribution is -2.51. The number of piperidine rings is 1. The van der Waals surface area contributed by atoms with Gasteiger partial charge in [-0.1, -0.05) is 6.92 Å². The van der Waals surface area contributed by atoms with Gasteiger partial charge in [0, 0.05) is 12.1 Å². The Kier molecular flexibility index (Phi) is 3.34. The van der Waals surface area contributed by atoms with E-state index >= 15 is 0 Å². The van der Waals surface area contributed by atoms with Crippen molar-refractivity contribution in [2.24, 2.45) is 11.8 Å². The fourth-order valence-electron chi connectivity index (χ4n) is 4.37. The number of carbonyl (C=O) groups is 1. The Morgan fingerprint density at radius 3 is 2.16 bits per heavy atom. The summed E-state index contributed by atoms with van der Waals surface area (Å²) < 4.78 is 5.81. The Hall–Kier alpha value is -0.610. The topological polar surface area (TPSA) is 49.8 Å². The van der Waals surface area contributed by atoms with Crippen molar-refractivity contribution in [2.75, 3.05) is 0 Å². The van der Waals surface area contributed by atoms with Crippen LogP contribution in [-0.4, -0.2) is 46.3 Å². The number of hydrogen-bond acceptors (Lipinski definition) is 3. The second-order valence-corrected chi connectivity index (χ2v) is 6.69. The zero-order valence-electron chi connectivity index (χ0n) is 12.1. The minimum Gasteiger partial charge on any atom is -0.393 e.